The topological polar surface area (TPSA) is 17.8 Å². The molecule has 2 saturated carbocycles. The van der Waals surface area contributed by atoms with Gasteiger partial charge in [0, 0.05) is 24.3 Å². The molecular weight excluding hydrogens is 264 g/mol. The molecule has 0 radical (unpaired) electrons. The van der Waals surface area contributed by atoms with Crippen LogP contribution in [0.15, 0.2) is 12.3 Å². The van der Waals surface area contributed by atoms with E-state index >= 15 is 0 Å². The fourth-order valence-corrected chi connectivity index (χ4v) is 4.16. The summed E-state index contributed by atoms with van der Waals surface area (Å²) in [6, 6.07) is 2.15. The van der Waals surface area contributed by atoms with Gasteiger partial charge >= 0.3 is 0 Å². The molecule has 0 amide bonds. The summed E-state index contributed by atoms with van der Waals surface area (Å²) in [6.45, 7) is 0. The van der Waals surface area contributed by atoms with Crippen LogP contribution in [-0.2, 0) is 13.5 Å². The highest BCUT2D eigenvalue weighted by atomic mass is 79.9. The lowest BCUT2D eigenvalue weighted by Gasteiger charge is -2.28. The van der Waals surface area contributed by atoms with Gasteiger partial charge in [0.05, 0.1) is 0 Å². The number of halogens is 1. The van der Waals surface area contributed by atoms with E-state index < -0.39 is 0 Å². The Morgan fingerprint density at radius 2 is 2.25 bits per heavy atom. The smallest absolute Gasteiger partial charge is 0.0492 e. The number of nitrogens with zero attached hydrogens (tertiary/aromatic N) is 2. The second-order valence-corrected chi connectivity index (χ2v) is 6.30. The van der Waals surface area contributed by atoms with Gasteiger partial charge in [0.2, 0.25) is 0 Å². The first-order chi connectivity index (χ1) is 7.72. The van der Waals surface area contributed by atoms with Crippen molar-refractivity contribution in [3.63, 3.8) is 0 Å². The van der Waals surface area contributed by atoms with E-state index in [1.165, 1.54) is 43.1 Å². The molecule has 88 valence electrons. The van der Waals surface area contributed by atoms with E-state index in [0.29, 0.717) is 5.41 Å². The molecular formula is C13H19BrN2. The largest absolute Gasteiger partial charge is 0.273 e. The van der Waals surface area contributed by atoms with Crippen molar-refractivity contribution in [2.45, 2.75) is 32.1 Å². The Kier molecular flexibility index (Phi) is 2.61. The van der Waals surface area contributed by atoms with Gasteiger partial charge < -0.3 is 0 Å². The van der Waals surface area contributed by atoms with Crippen molar-refractivity contribution < 1.29 is 0 Å². The van der Waals surface area contributed by atoms with E-state index in [4.69, 9.17) is 0 Å². The molecule has 0 N–H and O–H groups in total. The van der Waals surface area contributed by atoms with E-state index in [2.05, 4.69) is 27.1 Å². The quantitative estimate of drug-likeness (QED) is 0.776. The molecule has 3 rings (SSSR count). The zero-order chi connectivity index (χ0) is 11.2. The number of alkyl halides is 1. The van der Waals surface area contributed by atoms with Crippen LogP contribution in [0.4, 0.5) is 0 Å². The van der Waals surface area contributed by atoms with Crippen LogP contribution in [0.25, 0.3) is 0 Å². The standard InChI is InChI=1S/C13H19BrN2/c1-16-12(3-5-15-16)2-4-13(9-14)7-10-6-11(10)8-13/h3,5,10-11H,2,4,6-9H2,1H3. The van der Waals surface area contributed by atoms with Gasteiger partial charge in [0.25, 0.3) is 0 Å². The Morgan fingerprint density at radius 3 is 2.81 bits per heavy atom. The predicted molar refractivity (Wildman–Crippen MR) is 68.6 cm³/mol. The average molecular weight is 283 g/mol. The molecule has 0 spiro atoms. The predicted octanol–water partition coefficient (Wildman–Crippen LogP) is 3.16. The van der Waals surface area contributed by atoms with Crippen molar-refractivity contribution >= 4 is 15.9 Å². The summed E-state index contributed by atoms with van der Waals surface area (Å²) in [5.74, 6) is 2.15. The van der Waals surface area contributed by atoms with Gasteiger partial charge in [-0.1, -0.05) is 15.9 Å². The fourth-order valence-electron chi connectivity index (χ4n) is 3.43. The van der Waals surface area contributed by atoms with E-state index in [1.54, 1.807) is 0 Å². The fraction of sp³-hybridized carbons (Fsp3) is 0.769. The molecule has 0 aliphatic heterocycles. The second kappa shape index (κ2) is 3.86. The van der Waals surface area contributed by atoms with E-state index in [-0.39, 0.29) is 0 Å². The SMILES string of the molecule is Cn1nccc1CCC1(CBr)CC2CC2C1. The van der Waals surface area contributed by atoms with Crippen molar-refractivity contribution in [2.75, 3.05) is 5.33 Å². The lowest BCUT2D eigenvalue weighted by molar-refractivity contribution is 0.283. The molecule has 0 bridgehead atoms. The minimum Gasteiger partial charge on any atom is -0.273 e. The third-order valence-electron chi connectivity index (χ3n) is 4.58. The van der Waals surface area contributed by atoms with Crippen LogP contribution in [0.2, 0.25) is 0 Å². The Balaban J connectivity index is 1.63. The van der Waals surface area contributed by atoms with Crippen LogP contribution >= 0.6 is 15.9 Å². The van der Waals surface area contributed by atoms with E-state index in [0.717, 1.165) is 11.8 Å². The molecule has 1 aromatic rings. The molecule has 2 aliphatic carbocycles. The summed E-state index contributed by atoms with van der Waals surface area (Å²) in [4.78, 5) is 0. The molecule has 2 fully saturated rings. The van der Waals surface area contributed by atoms with Gasteiger partial charge in [-0.2, -0.15) is 5.10 Å². The lowest BCUT2D eigenvalue weighted by Crippen LogP contribution is -2.22. The van der Waals surface area contributed by atoms with Crippen LogP contribution < -0.4 is 0 Å². The Bertz CT molecular complexity index is 375. The summed E-state index contributed by atoms with van der Waals surface area (Å²) in [5.41, 5.74) is 1.97. The van der Waals surface area contributed by atoms with Gasteiger partial charge in [-0.15, -0.1) is 0 Å². The highest BCUT2D eigenvalue weighted by Gasteiger charge is 2.52. The number of hydrogen-bond acceptors (Lipinski definition) is 1. The van der Waals surface area contributed by atoms with Gasteiger partial charge in [0.15, 0.2) is 0 Å². The number of aromatic nitrogens is 2. The summed E-state index contributed by atoms with van der Waals surface area (Å²) < 4.78 is 2.01. The first-order valence-electron chi connectivity index (χ1n) is 6.25. The first-order valence-corrected chi connectivity index (χ1v) is 7.37. The normalized spacial score (nSPS) is 36.4. The number of hydrogen-bond donors (Lipinski definition) is 0. The third-order valence-corrected chi connectivity index (χ3v) is 5.77. The zero-order valence-corrected chi connectivity index (χ0v) is 11.4. The molecule has 16 heavy (non-hydrogen) atoms. The molecule has 0 aromatic carbocycles. The molecule has 1 heterocycles. The van der Waals surface area contributed by atoms with Crippen molar-refractivity contribution in [3.05, 3.63) is 18.0 Å². The van der Waals surface area contributed by atoms with Crippen molar-refractivity contribution in [1.82, 2.24) is 9.78 Å². The summed E-state index contributed by atoms with van der Waals surface area (Å²) in [6.07, 6.45) is 8.84. The minimum atomic E-state index is 0.595. The maximum Gasteiger partial charge on any atom is 0.0492 e. The Hall–Kier alpha value is -0.310. The maximum absolute atomic E-state index is 4.24. The molecule has 3 heteroatoms. The monoisotopic (exact) mass is 282 g/mol. The minimum absolute atomic E-state index is 0.595. The number of fused-ring (bicyclic) bond motifs is 1. The lowest BCUT2D eigenvalue weighted by atomic mass is 9.80. The summed E-state index contributed by atoms with van der Waals surface area (Å²) in [7, 11) is 2.04. The van der Waals surface area contributed by atoms with E-state index in [9.17, 15) is 0 Å². The molecule has 2 nitrogen and oxygen atoms in total. The van der Waals surface area contributed by atoms with Crippen LogP contribution in [0.5, 0.6) is 0 Å². The molecule has 2 atom stereocenters. The van der Waals surface area contributed by atoms with Gasteiger partial charge in [-0.3, -0.25) is 4.68 Å². The highest BCUT2D eigenvalue weighted by Crippen LogP contribution is 2.61. The highest BCUT2D eigenvalue weighted by molar-refractivity contribution is 9.09. The van der Waals surface area contributed by atoms with Crippen LogP contribution in [0, 0.1) is 17.3 Å². The molecule has 0 saturated heterocycles. The van der Waals surface area contributed by atoms with Crippen LogP contribution in [0.1, 0.15) is 31.4 Å². The first kappa shape index (κ1) is 10.8. The van der Waals surface area contributed by atoms with E-state index in [1.807, 2.05) is 17.9 Å². The zero-order valence-electron chi connectivity index (χ0n) is 9.82. The second-order valence-electron chi connectivity index (χ2n) is 5.74. The molecule has 2 aliphatic rings. The Morgan fingerprint density at radius 1 is 1.50 bits per heavy atom. The van der Waals surface area contributed by atoms with Crippen LogP contribution in [0.3, 0.4) is 0 Å². The number of aryl methyl sites for hydroxylation is 2. The van der Waals surface area contributed by atoms with Gasteiger partial charge in [-0.05, 0) is 55.4 Å². The third kappa shape index (κ3) is 1.83. The van der Waals surface area contributed by atoms with Crippen LogP contribution in [-0.4, -0.2) is 15.1 Å². The Labute approximate surface area is 106 Å². The summed E-state index contributed by atoms with van der Waals surface area (Å²) >= 11 is 3.74. The maximum atomic E-state index is 4.24. The van der Waals surface area contributed by atoms with Gasteiger partial charge in [-0.25, -0.2) is 0 Å². The summed E-state index contributed by atoms with van der Waals surface area (Å²) in [5, 5.41) is 5.42. The average Bonchev–Trinajstić information content (AvgIpc) is 2.74. The van der Waals surface area contributed by atoms with Crippen molar-refractivity contribution in [2.24, 2.45) is 24.3 Å². The molecule has 1 aromatic heterocycles. The number of rotatable bonds is 4. The van der Waals surface area contributed by atoms with Crippen molar-refractivity contribution in [1.29, 1.82) is 0 Å². The van der Waals surface area contributed by atoms with Gasteiger partial charge in [0.1, 0.15) is 0 Å². The molecule has 2 unspecified atom stereocenters. The van der Waals surface area contributed by atoms with Crippen molar-refractivity contribution in [3.8, 4) is 0 Å².